The Morgan fingerprint density at radius 1 is 0.511 bits per heavy atom. The lowest BCUT2D eigenvalue weighted by molar-refractivity contribution is 0.00578. The monoisotopic (exact) mass is 1250 g/mol. The van der Waals surface area contributed by atoms with Crippen molar-refractivity contribution in [1.82, 2.24) is 49.7 Å². The topological polar surface area (TPSA) is 193 Å². The Morgan fingerprint density at radius 2 is 0.943 bits per heavy atom. The Hall–Kier alpha value is -8.46. The number of hydrogen-bond donors (Lipinski definition) is 2. The van der Waals surface area contributed by atoms with Crippen LogP contribution < -0.4 is 15.3 Å². The zero-order valence-electron chi connectivity index (χ0n) is 50.4. The third kappa shape index (κ3) is 14.6. The summed E-state index contributed by atoms with van der Waals surface area (Å²) in [6.45, 7) is 25.3. The average molecular weight is 1250 g/mol. The Balaban J connectivity index is 0.000000163. The van der Waals surface area contributed by atoms with Crippen LogP contribution in [0.25, 0.3) is 77.5 Å². The van der Waals surface area contributed by atoms with Crippen molar-refractivity contribution in [2.45, 2.75) is 106 Å². The van der Waals surface area contributed by atoms with E-state index in [1.165, 1.54) is 0 Å². The highest BCUT2D eigenvalue weighted by Crippen LogP contribution is 2.37. The van der Waals surface area contributed by atoms with Crippen LogP contribution in [0.3, 0.4) is 0 Å². The van der Waals surface area contributed by atoms with Crippen LogP contribution in [0.4, 0.5) is 21.0 Å². The molecule has 13 rings (SSSR count). The average Bonchev–Trinajstić information content (AvgIpc) is 2.01. The van der Waals surface area contributed by atoms with Crippen molar-refractivity contribution in [3.63, 3.8) is 0 Å². The Labute approximate surface area is 524 Å². The van der Waals surface area contributed by atoms with Gasteiger partial charge in [-0.3, -0.25) is 19.9 Å². The van der Waals surface area contributed by atoms with Gasteiger partial charge in [-0.15, -0.1) is 0 Å². The molecule has 3 aliphatic rings. The third-order valence-electron chi connectivity index (χ3n) is 15.8. The van der Waals surface area contributed by atoms with Crippen molar-refractivity contribution in [1.29, 1.82) is 0 Å². The molecule has 0 saturated carbocycles. The van der Waals surface area contributed by atoms with Crippen LogP contribution in [-0.4, -0.2) is 144 Å². The van der Waals surface area contributed by atoms with Gasteiger partial charge in [0.25, 0.3) is 0 Å². The van der Waals surface area contributed by atoms with Gasteiger partial charge in [0, 0.05) is 144 Å². The second-order valence-electron chi connectivity index (χ2n) is 24.8. The summed E-state index contributed by atoms with van der Waals surface area (Å²) in [5.74, 6) is 0. The number of H-pyrrole nitrogens is 2. The van der Waals surface area contributed by atoms with Crippen molar-refractivity contribution in [2.75, 3.05) is 62.2 Å². The van der Waals surface area contributed by atoms with Crippen LogP contribution >= 0.6 is 15.9 Å². The molecular weight excluding hydrogens is 1170 g/mol. The molecule has 8 aromatic heterocycles. The molecule has 2 amide bonds. The molecule has 88 heavy (non-hydrogen) atoms. The van der Waals surface area contributed by atoms with Gasteiger partial charge in [0.15, 0.2) is 0 Å². The number of hydrogen-bond acceptors (Lipinski definition) is 14. The Morgan fingerprint density at radius 3 is 1.38 bits per heavy atom. The second kappa shape index (κ2) is 26.1. The van der Waals surface area contributed by atoms with Gasteiger partial charge in [0.05, 0.1) is 46.0 Å². The summed E-state index contributed by atoms with van der Waals surface area (Å²) in [5, 5.41) is 4.35. The predicted octanol–water partition coefficient (Wildman–Crippen LogP) is 14.1. The number of benzene rings is 2. The number of aromatic nitrogens is 8. The van der Waals surface area contributed by atoms with E-state index in [2.05, 4.69) is 161 Å². The van der Waals surface area contributed by atoms with Crippen LogP contribution in [0, 0.1) is 0 Å². The maximum absolute atomic E-state index is 12.4. The molecule has 10 aromatic rings. The first-order valence-corrected chi connectivity index (χ1v) is 29.9. The number of amides is 2. The summed E-state index contributed by atoms with van der Waals surface area (Å²) in [5.41, 5.74) is 11.3. The summed E-state index contributed by atoms with van der Waals surface area (Å²) >= 11 is 3.46. The zero-order chi connectivity index (χ0) is 60.5. The molecule has 0 aliphatic carbocycles. The predicted molar refractivity (Wildman–Crippen MR) is 358 cm³/mol. The number of carbonyl (C=O) groups excluding carboxylic acids is 2. The maximum Gasteiger partial charge on any atom is 0.494 e. The normalized spacial score (nSPS) is 15.6. The van der Waals surface area contributed by atoms with E-state index in [0.717, 1.165) is 125 Å². The van der Waals surface area contributed by atoms with Crippen LogP contribution in [0.5, 0.6) is 0 Å². The van der Waals surface area contributed by atoms with Gasteiger partial charge >= 0.3 is 19.3 Å². The van der Waals surface area contributed by atoms with Crippen LogP contribution in [0.15, 0.2) is 151 Å². The molecule has 0 spiro atoms. The molecule has 2 aromatic carbocycles. The highest BCUT2D eigenvalue weighted by Gasteiger charge is 2.51. The van der Waals surface area contributed by atoms with E-state index in [1.54, 1.807) is 28.4 Å². The number of ether oxygens (including phenoxy) is 2. The van der Waals surface area contributed by atoms with Gasteiger partial charge in [-0.2, -0.15) is 0 Å². The SMILES string of the molecule is Brc1cnc2[nH]c3cnc(-c4cccnc4)cc3c2c1.C.C.CC(C)(C)OC(=O)N1CCN(c2ccc(-c3cnc4[nH]c5cnc(-c6cccnc6)cc5c4c3)cc2)CC1.CC(C)(C)OC(=O)N1CCN(c2ccc(B3OC(C)(C)C(C)(C)O3)cc2)CC1. The number of anilines is 2. The van der Waals surface area contributed by atoms with E-state index < -0.39 is 11.2 Å². The minimum Gasteiger partial charge on any atom is -0.444 e. The van der Waals surface area contributed by atoms with Gasteiger partial charge in [-0.05, 0) is 169 Å². The summed E-state index contributed by atoms with van der Waals surface area (Å²) in [6, 6.07) is 33.1. The number of halogens is 1. The number of carbonyl (C=O) groups is 2. The standard InChI is InChI=1S/C30H30N6O2.C21H33BN2O4.C15H9BrN4.2CH4/c1-30(2,3)38-29(37)36-13-11-35(12-14-36)23-8-6-20(7-9-23)22-15-25-24-16-26(21-5-4-10-31-17-21)32-19-27(24)34-28(25)33-18-22;1-19(2,3)26-18(25)24-14-12-23(13-15-24)17-10-8-16(9-11-17)22-27-20(4,5)21(6,7)28-22;16-10-4-12-11-5-13(9-2-1-3-17-6-9)18-8-14(11)20-15(12)19-7-10;;/h4-10,15-19H,11-14H2,1-3H3,(H,33,34);8-11H,12-15H2,1-7H3;1-8H,(H,19,20);2*1H4. The fourth-order valence-corrected chi connectivity index (χ4v) is 10.8. The Bertz CT molecular complexity index is 4010. The molecule has 3 fully saturated rings. The fraction of sp³-hybridized carbons (Fsp3) is 0.353. The molecule has 0 atom stereocenters. The Kier molecular flexibility index (Phi) is 19.0. The number of rotatable bonds is 6. The molecule has 3 saturated heterocycles. The molecule has 2 N–H and O–H groups in total. The summed E-state index contributed by atoms with van der Waals surface area (Å²) in [4.78, 5) is 65.9. The van der Waals surface area contributed by atoms with E-state index in [0.29, 0.717) is 26.2 Å². The lowest BCUT2D eigenvalue weighted by Gasteiger charge is -2.36. The van der Waals surface area contributed by atoms with Gasteiger partial charge < -0.3 is 48.4 Å². The van der Waals surface area contributed by atoms with Crippen molar-refractivity contribution in [3.05, 3.63) is 151 Å². The lowest BCUT2D eigenvalue weighted by atomic mass is 9.79. The first kappa shape index (κ1) is 64.0. The van der Waals surface area contributed by atoms with E-state index in [4.69, 9.17) is 23.8 Å². The molecule has 18 nitrogen and oxygen atoms in total. The van der Waals surface area contributed by atoms with E-state index in [-0.39, 0.29) is 45.4 Å². The van der Waals surface area contributed by atoms with Gasteiger partial charge in [-0.1, -0.05) is 39.1 Å². The molecule has 11 heterocycles. The maximum atomic E-state index is 12.4. The molecule has 20 heteroatoms. The van der Waals surface area contributed by atoms with Crippen molar-refractivity contribution >= 4 is 95.9 Å². The largest absolute Gasteiger partial charge is 0.494 e. The summed E-state index contributed by atoms with van der Waals surface area (Å²) in [6.07, 6.45) is 14.1. The van der Waals surface area contributed by atoms with E-state index in [1.807, 2.05) is 96.8 Å². The second-order valence-corrected chi connectivity index (χ2v) is 25.7. The molecular formula is C68H80BBrN12O6. The quantitative estimate of drug-likeness (QED) is 0.149. The number of pyridine rings is 6. The van der Waals surface area contributed by atoms with Crippen molar-refractivity contribution in [2.24, 2.45) is 0 Å². The first-order chi connectivity index (χ1) is 41.0. The van der Waals surface area contributed by atoms with Gasteiger partial charge in [-0.25, -0.2) is 19.6 Å². The molecule has 3 aliphatic heterocycles. The fourth-order valence-electron chi connectivity index (χ4n) is 10.5. The molecule has 458 valence electrons. The number of nitrogens with one attached hydrogen (secondary N) is 2. The highest BCUT2D eigenvalue weighted by atomic mass is 79.9. The smallest absolute Gasteiger partial charge is 0.444 e. The summed E-state index contributed by atoms with van der Waals surface area (Å²) < 4.78 is 24.2. The zero-order valence-corrected chi connectivity index (χ0v) is 52.0. The third-order valence-corrected chi connectivity index (χ3v) is 16.2. The molecule has 0 bridgehead atoms. The van der Waals surface area contributed by atoms with Crippen LogP contribution in [0.1, 0.15) is 84.1 Å². The highest BCUT2D eigenvalue weighted by molar-refractivity contribution is 9.10. The number of nitrogens with zero attached hydrogens (tertiary/aromatic N) is 10. The minimum absolute atomic E-state index is 0. The minimum atomic E-state index is -0.479. The number of fused-ring (bicyclic) bond motifs is 6. The van der Waals surface area contributed by atoms with Crippen molar-refractivity contribution < 1.29 is 28.4 Å². The van der Waals surface area contributed by atoms with Gasteiger partial charge in [0.2, 0.25) is 0 Å². The van der Waals surface area contributed by atoms with E-state index >= 15 is 0 Å². The lowest BCUT2D eigenvalue weighted by Crippen LogP contribution is -2.50. The summed E-state index contributed by atoms with van der Waals surface area (Å²) in [7, 11) is -0.344. The van der Waals surface area contributed by atoms with Crippen LogP contribution in [-0.2, 0) is 18.8 Å². The number of aromatic amines is 2. The number of piperazine rings is 2. The van der Waals surface area contributed by atoms with E-state index in [9.17, 15) is 9.59 Å². The molecule has 0 unspecified atom stereocenters. The van der Waals surface area contributed by atoms with Crippen molar-refractivity contribution in [3.8, 4) is 33.6 Å². The van der Waals surface area contributed by atoms with Crippen LogP contribution in [0.2, 0.25) is 0 Å². The first-order valence-electron chi connectivity index (χ1n) is 29.1. The van der Waals surface area contributed by atoms with Gasteiger partial charge in [0.1, 0.15) is 22.5 Å². The molecule has 0 radical (unpaired) electrons.